The van der Waals surface area contributed by atoms with Gasteiger partial charge in [-0.1, -0.05) is 0 Å². The van der Waals surface area contributed by atoms with Gasteiger partial charge in [0.05, 0.1) is 29.8 Å². The van der Waals surface area contributed by atoms with E-state index in [1.165, 1.54) is 12.5 Å². The Bertz CT molecular complexity index is 1200. The average molecular weight is 406 g/mol. The van der Waals surface area contributed by atoms with Crippen LogP contribution in [0.2, 0.25) is 0 Å². The van der Waals surface area contributed by atoms with E-state index in [2.05, 4.69) is 30.2 Å². The molecule has 0 saturated carbocycles. The Kier molecular flexibility index (Phi) is 5.37. The second-order valence-electron chi connectivity index (χ2n) is 6.11. The molecule has 1 aromatic carbocycles. The van der Waals surface area contributed by atoms with Crippen LogP contribution < -0.4 is 14.8 Å². The molecule has 0 radical (unpaired) electrons. The summed E-state index contributed by atoms with van der Waals surface area (Å²) in [6.45, 7) is 1.65. The van der Waals surface area contributed by atoms with E-state index in [1.54, 1.807) is 30.6 Å². The van der Waals surface area contributed by atoms with Crippen LogP contribution in [0.5, 0.6) is 17.4 Å². The number of hydrogen-bond acceptors (Lipinski definition) is 9. The van der Waals surface area contributed by atoms with Gasteiger partial charge in [0.15, 0.2) is 12.1 Å². The zero-order chi connectivity index (χ0) is 20.9. The Hall–Kier alpha value is -4.21. The lowest BCUT2D eigenvalue weighted by Crippen LogP contribution is -2.00. The lowest BCUT2D eigenvalue weighted by atomic mass is 10.2. The third-order valence-corrected chi connectivity index (χ3v) is 3.95. The zero-order valence-electron chi connectivity index (χ0n) is 15.7. The Morgan fingerprint density at radius 2 is 1.93 bits per heavy atom. The molecule has 1 N–H and O–H groups in total. The monoisotopic (exact) mass is 406 g/mol. The van der Waals surface area contributed by atoms with Gasteiger partial charge in [-0.25, -0.2) is 24.3 Å². The van der Waals surface area contributed by atoms with E-state index in [9.17, 15) is 9.18 Å². The molecule has 0 aliphatic rings. The minimum atomic E-state index is -0.726. The summed E-state index contributed by atoms with van der Waals surface area (Å²) in [6.07, 6.45) is 6.49. The molecule has 3 heterocycles. The Morgan fingerprint density at radius 3 is 2.70 bits per heavy atom. The molecule has 0 bridgehead atoms. The molecule has 10 heteroatoms. The summed E-state index contributed by atoms with van der Waals surface area (Å²) in [6, 6.07) is 6.12. The van der Waals surface area contributed by atoms with Crippen LogP contribution in [0.15, 0.2) is 49.2 Å². The van der Waals surface area contributed by atoms with E-state index in [-0.39, 0.29) is 18.2 Å². The first-order valence-corrected chi connectivity index (χ1v) is 8.82. The second kappa shape index (κ2) is 8.43. The predicted molar refractivity (Wildman–Crippen MR) is 105 cm³/mol. The smallest absolute Gasteiger partial charge is 0.256 e. The molecule has 4 rings (SSSR count). The van der Waals surface area contributed by atoms with Crippen LogP contribution in [0.25, 0.3) is 10.9 Å². The average Bonchev–Trinajstić information content (AvgIpc) is 2.76. The van der Waals surface area contributed by atoms with Crippen molar-refractivity contribution in [3.8, 4) is 17.4 Å². The Balaban J connectivity index is 1.61. The first kappa shape index (κ1) is 19.1. The predicted octanol–water partition coefficient (Wildman–Crippen LogP) is 3.38. The maximum absolute atomic E-state index is 14.3. The van der Waals surface area contributed by atoms with Crippen molar-refractivity contribution in [2.24, 2.45) is 0 Å². The van der Waals surface area contributed by atoms with E-state index in [0.717, 1.165) is 11.8 Å². The van der Waals surface area contributed by atoms with E-state index in [0.29, 0.717) is 34.6 Å². The number of pyridine rings is 1. The molecule has 4 aromatic rings. The van der Waals surface area contributed by atoms with Crippen molar-refractivity contribution in [3.63, 3.8) is 0 Å². The number of hydrogen-bond donors (Lipinski definition) is 1. The van der Waals surface area contributed by atoms with Gasteiger partial charge in [-0.2, -0.15) is 0 Å². The SMILES string of the molecule is Cc1cnc(Nc2ncnc3ccc(Oc4ncc(OCC=O)cc4F)cc23)cn1. The van der Waals surface area contributed by atoms with Gasteiger partial charge in [0.2, 0.25) is 0 Å². The van der Waals surface area contributed by atoms with Crippen LogP contribution in [-0.2, 0) is 4.79 Å². The fourth-order valence-corrected chi connectivity index (χ4v) is 2.58. The molecular weight excluding hydrogens is 391 g/mol. The van der Waals surface area contributed by atoms with Crippen LogP contribution in [0.4, 0.5) is 16.0 Å². The second-order valence-corrected chi connectivity index (χ2v) is 6.11. The minimum absolute atomic E-state index is 0.129. The van der Waals surface area contributed by atoms with E-state index < -0.39 is 5.82 Å². The fraction of sp³-hybridized carbons (Fsp3) is 0.100. The maximum Gasteiger partial charge on any atom is 0.256 e. The van der Waals surface area contributed by atoms with Crippen molar-refractivity contribution in [1.82, 2.24) is 24.9 Å². The molecule has 0 unspecified atom stereocenters. The summed E-state index contributed by atoms with van der Waals surface area (Å²) in [5, 5.41) is 3.73. The van der Waals surface area contributed by atoms with E-state index in [4.69, 9.17) is 9.47 Å². The summed E-state index contributed by atoms with van der Waals surface area (Å²) in [7, 11) is 0. The lowest BCUT2D eigenvalue weighted by Gasteiger charge is -2.10. The molecule has 150 valence electrons. The van der Waals surface area contributed by atoms with Crippen molar-refractivity contribution >= 4 is 28.8 Å². The number of benzene rings is 1. The number of ether oxygens (including phenoxy) is 2. The van der Waals surface area contributed by atoms with Gasteiger partial charge in [0, 0.05) is 11.5 Å². The van der Waals surface area contributed by atoms with Crippen molar-refractivity contribution in [3.05, 3.63) is 60.7 Å². The fourth-order valence-electron chi connectivity index (χ4n) is 2.58. The lowest BCUT2D eigenvalue weighted by molar-refractivity contribution is -0.109. The minimum Gasteiger partial charge on any atom is -0.484 e. The Morgan fingerprint density at radius 1 is 1.03 bits per heavy atom. The number of rotatable bonds is 7. The molecule has 0 fully saturated rings. The number of anilines is 2. The number of nitrogens with one attached hydrogen (secondary N) is 1. The van der Waals surface area contributed by atoms with Crippen molar-refractivity contribution < 1.29 is 18.7 Å². The molecule has 0 saturated heterocycles. The molecule has 0 amide bonds. The third kappa shape index (κ3) is 4.27. The highest BCUT2D eigenvalue weighted by Crippen LogP contribution is 2.30. The highest BCUT2D eigenvalue weighted by Gasteiger charge is 2.11. The van der Waals surface area contributed by atoms with Crippen molar-refractivity contribution in [2.45, 2.75) is 6.92 Å². The van der Waals surface area contributed by atoms with E-state index >= 15 is 0 Å². The van der Waals surface area contributed by atoms with E-state index in [1.807, 2.05) is 6.92 Å². The maximum atomic E-state index is 14.3. The van der Waals surface area contributed by atoms with Gasteiger partial charge in [0.25, 0.3) is 5.88 Å². The number of fused-ring (bicyclic) bond motifs is 1. The molecule has 0 aliphatic carbocycles. The first-order valence-electron chi connectivity index (χ1n) is 8.82. The van der Waals surface area contributed by atoms with Gasteiger partial charge < -0.3 is 14.8 Å². The highest BCUT2D eigenvalue weighted by molar-refractivity contribution is 5.91. The largest absolute Gasteiger partial charge is 0.484 e. The number of aldehydes is 1. The molecular formula is C20H15FN6O3. The summed E-state index contributed by atoms with van der Waals surface area (Å²) in [4.78, 5) is 31.2. The quantitative estimate of drug-likeness (QED) is 0.462. The topological polar surface area (TPSA) is 112 Å². The van der Waals surface area contributed by atoms with Gasteiger partial charge >= 0.3 is 0 Å². The number of nitrogens with zero attached hydrogens (tertiary/aromatic N) is 5. The number of halogens is 1. The standard InChI is InChI=1S/C20H15FN6O3/c1-12-8-23-18(10-22-12)27-19-15-6-13(2-3-17(15)25-11-26-19)30-20-16(21)7-14(9-24-20)29-5-4-28/h2-4,6-11H,5H2,1H3,(H,23,25,26,27). The van der Waals surface area contributed by atoms with Crippen LogP contribution in [0.3, 0.4) is 0 Å². The molecule has 0 aliphatic heterocycles. The van der Waals surface area contributed by atoms with Crippen molar-refractivity contribution in [2.75, 3.05) is 11.9 Å². The molecule has 0 atom stereocenters. The normalized spacial score (nSPS) is 10.6. The summed E-state index contributed by atoms with van der Waals surface area (Å²) in [5.74, 6) is 0.521. The number of aryl methyl sites for hydroxylation is 1. The summed E-state index contributed by atoms with van der Waals surface area (Å²) in [5.41, 5.74) is 1.45. The van der Waals surface area contributed by atoms with Gasteiger partial charge in [0.1, 0.15) is 36.1 Å². The van der Waals surface area contributed by atoms with Gasteiger partial charge in [-0.05, 0) is 25.1 Å². The molecule has 3 aromatic heterocycles. The van der Waals surface area contributed by atoms with Gasteiger partial charge in [-0.3, -0.25) is 9.78 Å². The van der Waals surface area contributed by atoms with Crippen LogP contribution in [-0.4, -0.2) is 37.8 Å². The summed E-state index contributed by atoms with van der Waals surface area (Å²) < 4.78 is 24.9. The first-order chi connectivity index (χ1) is 14.6. The van der Waals surface area contributed by atoms with Crippen molar-refractivity contribution in [1.29, 1.82) is 0 Å². The molecule has 0 spiro atoms. The highest BCUT2D eigenvalue weighted by atomic mass is 19.1. The van der Waals surface area contributed by atoms with Gasteiger partial charge in [-0.15, -0.1) is 0 Å². The van der Waals surface area contributed by atoms with Crippen LogP contribution in [0.1, 0.15) is 5.69 Å². The number of carbonyl (C=O) groups excluding carboxylic acids is 1. The molecule has 9 nitrogen and oxygen atoms in total. The number of aromatic nitrogens is 5. The molecule has 30 heavy (non-hydrogen) atoms. The summed E-state index contributed by atoms with van der Waals surface area (Å²) >= 11 is 0. The van der Waals surface area contributed by atoms with Crippen LogP contribution in [0, 0.1) is 12.7 Å². The zero-order valence-corrected chi connectivity index (χ0v) is 15.7. The number of carbonyl (C=O) groups is 1. The Labute approximate surface area is 170 Å². The third-order valence-electron chi connectivity index (χ3n) is 3.95. The van der Waals surface area contributed by atoms with Crippen LogP contribution >= 0.6 is 0 Å².